The van der Waals surface area contributed by atoms with E-state index in [1.807, 2.05) is 44.2 Å². The molecule has 9 heteroatoms. The average Bonchev–Trinajstić information content (AvgIpc) is 2.79. The van der Waals surface area contributed by atoms with Crippen molar-refractivity contribution in [2.45, 2.75) is 27.2 Å². The molecule has 0 aliphatic rings. The SMILES string of the molecule is COc1ccc(CCN=C(NC(=S)Nc2ccc(C(C)=O)cc2)Nc2nc(C)cc(C)n2)cc1. The number of nitrogens with zero attached hydrogens (tertiary/aromatic N) is 3. The highest BCUT2D eigenvalue weighted by molar-refractivity contribution is 7.80. The van der Waals surface area contributed by atoms with Crippen molar-refractivity contribution in [2.75, 3.05) is 24.3 Å². The molecule has 3 N–H and O–H groups in total. The van der Waals surface area contributed by atoms with Crippen LogP contribution in [0.1, 0.15) is 34.2 Å². The Hall–Kier alpha value is -3.85. The van der Waals surface area contributed by atoms with Gasteiger partial charge >= 0.3 is 0 Å². The molecule has 0 atom stereocenters. The van der Waals surface area contributed by atoms with Crippen LogP contribution in [-0.2, 0) is 6.42 Å². The van der Waals surface area contributed by atoms with Crippen LogP contribution in [0.2, 0.25) is 0 Å². The Balaban J connectivity index is 1.70. The van der Waals surface area contributed by atoms with Crippen molar-refractivity contribution in [1.82, 2.24) is 15.3 Å². The third-order valence-corrected chi connectivity index (χ3v) is 5.03. The van der Waals surface area contributed by atoms with E-state index in [0.717, 1.165) is 34.8 Å². The standard InChI is InChI=1S/C25H28N6O2S/c1-16-15-17(2)28-24(27-16)30-23(26-14-13-19-5-11-22(33-4)12-6-19)31-25(34)29-21-9-7-20(8-10-21)18(3)32/h5-12,15H,13-14H2,1-4H3,(H3,26,27,28,29,30,31,34). The lowest BCUT2D eigenvalue weighted by Gasteiger charge is -2.14. The number of methoxy groups -OCH3 is 1. The second-order valence-electron chi connectivity index (χ2n) is 7.64. The van der Waals surface area contributed by atoms with Gasteiger partial charge in [0.2, 0.25) is 11.9 Å². The highest BCUT2D eigenvalue weighted by atomic mass is 32.1. The largest absolute Gasteiger partial charge is 0.497 e. The van der Waals surface area contributed by atoms with Gasteiger partial charge in [-0.3, -0.25) is 15.1 Å². The number of carbonyl (C=O) groups is 1. The van der Waals surface area contributed by atoms with Gasteiger partial charge in [-0.05, 0) is 87.4 Å². The first-order valence-corrected chi connectivity index (χ1v) is 11.2. The Morgan fingerprint density at radius 1 is 1.00 bits per heavy atom. The van der Waals surface area contributed by atoms with Crippen LogP contribution in [0, 0.1) is 13.8 Å². The lowest BCUT2D eigenvalue weighted by molar-refractivity contribution is 0.101. The Morgan fingerprint density at radius 3 is 2.24 bits per heavy atom. The number of carbonyl (C=O) groups excluding carboxylic acids is 1. The molecule has 0 radical (unpaired) electrons. The van der Waals surface area contributed by atoms with Gasteiger partial charge in [0, 0.05) is 29.2 Å². The van der Waals surface area contributed by atoms with Crippen molar-refractivity contribution in [1.29, 1.82) is 0 Å². The molecule has 34 heavy (non-hydrogen) atoms. The molecule has 0 aliphatic carbocycles. The summed E-state index contributed by atoms with van der Waals surface area (Å²) >= 11 is 5.47. The molecule has 0 unspecified atom stereocenters. The van der Waals surface area contributed by atoms with Crippen molar-refractivity contribution < 1.29 is 9.53 Å². The molecule has 2 aromatic carbocycles. The topological polar surface area (TPSA) is 101 Å². The number of aliphatic imine (C=N–C) groups is 1. The van der Waals surface area contributed by atoms with E-state index in [1.165, 1.54) is 6.92 Å². The molecule has 0 saturated heterocycles. The summed E-state index contributed by atoms with van der Waals surface area (Å²) < 4.78 is 5.21. The summed E-state index contributed by atoms with van der Waals surface area (Å²) in [6, 6.07) is 16.9. The Bertz CT molecular complexity index is 1160. The van der Waals surface area contributed by atoms with E-state index in [-0.39, 0.29) is 5.78 Å². The zero-order valence-corrected chi connectivity index (χ0v) is 20.5. The smallest absolute Gasteiger partial charge is 0.229 e. The molecule has 3 rings (SSSR count). The fourth-order valence-corrected chi connectivity index (χ4v) is 3.36. The third kappa shape index (κ3) is 7.63. The predicted octanol–water partition coefficient (Wildman–Crippen LogP) is 4.30. The Labute approximate surface area is 204 Å². The Kier molecular flexibility index (Phi) is 8.64. The van der Waals surface area contributed by atoms with Crippen LogP contribution >= 0.6 is 12.2 Å². The highest BCUT2D eigenvalue weighted by Gasteiger charge is 2.08. The summed E-state index contributed by atoms with van der Waals surface area (Å²) in [6.07, 6.45) is 0.733. The van der Waals surface area contributed by atoms with E-state index in [0.29, 0.717) is 29.1 Å². The van der Waals surface area contributed by atoms with Gasteiger partial charge in [-0.15, -0.1) is 0 Å². The molecule has 1 heterocycles. The third-order valence-electron chi connectivity index (χ3n) is 4.82. The second kappa shape index (κ2) is 11.9. The molecule has 0 aliphatic heterocycles. The fraction of sp³-hybridized carbons (Fsp3) is 0.240. The van der Waals surface area contributed by atoms with Gasteiger partial charge in [0.15, 0.2) is 10.9 Å². The predicted molar refractivity (Wildman–Crippen MR) is 140 cm³/mol. The number of ketones is 1. The average molecular weight is 477 g/mol. The number of hydrogen-bond acceptors (Lipinski definition) is 6. The first-order valence-electron chi connectivity index (χ1n) is 10.8. The number of anilines is 2. The molecule has 3 aromatic rings. The van der Waals surface area contributed by atoms with Crippen molar-refractivity contribution >= 4 is 40.7 Å². The summed E-state index contributed by atoms with van der Waals surface area (Å²) in [6.45, 7) is 5.86. The number of thiocarbonyl (C=S) groups is 1. The summed E-state index contributed by atoms with van der Waals surface area (Å²) in [4.78, 5) is 25.0. The van der Waals surface area contributed by atoms with Gasteiger partial charge in [-0.1, -0.05) is 12.1 Å². The summed E-state index contributed by atoms with van der Waals surface area (Å²) in [5, 5.41) is 9.66. The van der Waals surface area contributed by atoms with Crippen LogP contribution < -0.4 is 20.7 Å². The van der Waals surface area contributed by atoms with Crippen LogP contribution in [-0.4, -0.2) is 40.5 Å². The minimum atomic E-state index is 0.0104. The zero-order valence-electron chi connectivity index (χ0n) is 19.7. The summed E-state index contributed by atoms with van der Waals surface area (Å²) in [5.41, 5.74) is 4.22. The number of guanidine groups is 1. The van der Waals surface area contributed by atoms with E-state index in [2.05, 4.69) is 30.9 Å². The van der Waals surface area contributed by atoms with Crippen molar-refractivity contribution in [3.05, 3.63) is 77.1 Å². The zero-order chi connectivity index (χ0) is 24.5. The normalized spacial score (nSPS) is 11.0. The quantitative estimate of drug-likeness (QED) is 0.201. The number of nitrogens with one attached hydrogen (secondary N) is 3. The van der Waals surface area contributed by atoms with Gasteiger partial charge in [0.25, 0.3) is 0 Å². The second-order valence-corrected chi connectivity index (χ2v) is 8.05. The number of hydrogen-bond donors (Lipinski definition) is 3. The van der Waals surface area contributed by atoms with Crippen molar-refractivity contribution in [3.8, 4) is 5.75 Å². The molecular weight excluding hydrogens is 448 g/mol. The number of Topliss-reactive ketones (excluding diaryl/α,β-unsaturated/α-hetero) is 1. The number of ether oxygens (including phenoxy) is 1. The highest BCUT2D eigenvalue weighted by Crippen LogP contribution is 2.12. The van der Waals surface area contributed by atoms with Gasteiger partial charge in [-0.2, -0.15) is 0 Å². The van der Waals surface area contributed by atoms with Gasteiger partial charge < -0.3 is 15.4 Å². The summed E-state index contributed by atoms with van der Waals surface area (Å²) in [7, 11) is 1.65. The summed E-state index contributed by atoms with van der Waals surface area (Å²) in [5.74, 6) is 1.69. The van der Waals surface area contributed by atoms with E-state index >= 15 is 0 Å². The van der Waals surface area contributed by atoms with E-state index < -0.39 is 0 Å². The van der Waals surface area contributed by atoms with Crippen LogP contribution in [0.3, 0.4) is 0 Å². The molecule has 0 spiro atoms. The molecule has 0 saturated carbocycles. The van der Waals surface area contributed by atoms with E-state index in [9.17, 15) is 4.79 Å². The fourth-order valence-electron chi connectivity index (χ4n) is 3.15. The lowest BCUT2D eigenvalue weighted by atomic mass is 10.1. The van der Waals surface area contributed by atoms with Crippen molar-refractivity contribution in [2.24, 2.45) is 4.99 Å². The minimum absolute atomic E-state index is 0.0104. The number of benzene rings is 2. The lowest BCUT2D eigenvalue weighted by Crippen LogP contribution is -2.39. The van der Waals surface area contributed by atoms with Crippen LogP contribution in [0.15, 0.2) is 59.6 Å². The van der Waals surface area contributed by atoms with Crippen LogP contribution in [0.25, 0.3) is 0 Å². The maximum Gasteiger partial charge on any atom is 0.229 e. The van der Waals surface area contributed by atoms with Gasteiger partial charge in [-0.25, -0.2) is 9.97 Å². The molecular formula is C25H28N6O2S. The van der Waals surface area contributed by atoms with Crippen LogP contribution in [0.5, 0.6) is 5.75 Å². The molecule has 0 fully saturated rings. The number of aryl methyl sites for hydroxylation is 2. The number of rotatable bonds is 7. The van der Waals surface area contributed by atoms with E-state index in [1.54, 1.807) is 31.4 Å². The maximum atomic E-state index is 11.5. The van der Waals surface area contributed by atoms with Gasteiger partial charge in [0.1, 0.15) is 5.75 Å². The monoisotopic (exact) mass is 476 g/mol. The first-order chi connectivity index (χ1) is 16.3. The maximum absolute atomic E-state index is 11.5. The van der Waals surface area contributed by atoms with E-state index in [4.69, 9.17) is 17.0 Å². The Morgan fingerprint density at radius 2 is 1.65 bits per heavy atom. The first kappa shape index (κ1) is 24.8. The minimum Gasteiger partial charge on any atom is -0.497 e. The molecule has 0 amide bonds. The number of aromatic nitrogens is 2. The molecule has 8 nitrogen and oxygen atoms in total. The molecule has 176 valence electrons. The van der Waals surface area contributed by atoms with Crippen LogP contribution in [0.4, 0.5) is 11.6 Å². The van der Waals surface area contributed by atoms with Gasteiger partial charge in [0.05, 0.1) is 7.11 Å². The molecule has 0 bridgehead atoms. The molecule has 1 aromatic heterocycles. The van der Waals surface area contributed by atoms with Crippen molar-refractivity contribution in [3.63, 3.8) is 0 Å².